The van der Waals surface area contributed by atoms with Crippen molar-refractivity contribution in [1.29, 1.82) is 0 Å². The average Bonchev–Trinajstić information content (AvgIpc) is 3.18. The van der Waals surface area contributed by atoms with E-state index in [-0.39, 0.29) is 36.5 Å². The number of hydrogen-bond acceptors (Lipinski definition) is 6. The lowest BCUT2D eigenvalue weighted by Gasteiger charge is -2.46. The summed E-state index contributed by atoms with van der Waals surface area (Å²) in [5, 5.41) is 5.80. The number of likely N-dealkylation sites (tertiary alicyclic amines) is 1. The Morgan fingerprint density at radius 2 is 1.68 bits per heavy atom. The highest BCUT2D eigenvalue weighted by Crippen LogP contribution is 2.38. The molecular formula is C28H39ClN4O4. The number of nitrogens with zero attached hydrogens (tertiary/aromatic N) is 2. The Morgan fingerprint density at radius 3 is 2.38 bits per heavy atom. The number of carbonyl (C=O) groups is 3. The molecule has 0 spiro atoms. The van der Waals surface area contributed by atoms with E-state index in [4.69, 9.17) is 4.74 Å². The van der Waals surface area contributed by atoms with E-state index >= 15 is 0 Å². The highest BCUT2D eigenvalue weighted by Gasteiger charge is 2.41. The number of rotatable bonds is 5. The van der Waals surface area contributed by atoms with E-state index in [2.05, 4.69) is 27.7 Å². The zero-order valence-corrected chi connectivity index (χ0v) is 22.5. The van der Waals surface area contributed by atoms with Gasteiger partial charge >= 0.3 is 0 Å². The molecule has 4 aliphatic heterocycles. The normalized spacial score (nSPS) is 29.5. The molecule has 1 atom stereocenters. The van der Waals surface area contributed by atoms with Crippen LogP contribution in [0.4, 0.5) is 0 Å². The zero-order valence-electron chi connectivity index (χ0n) is 21.7. The molecule has 8 nitrogen and oxygen atoms in total. The fourth-order valence-electron chi connectivity index (χ4n) is 6.94. The topological polar surface area (TPSA) is 91.0 Å². The molecule has 9 heteroatoms. The molecule has 4 fully saturated rings. The van der Waals surface area contributed by atoms with Crippen molar-refractivity contribution in [3.05, 3.63) is 34.4 Å². The van der Waals surface area contributed by atoms with Crippen molar-refractivity contribution >= 4 is 30.1 Å². The molecule has 3 saturated heterocycles. The van der Waals surface area contributed by atoms with Crippen LogP contribution in [0, 0.1) is 6.92 Å². The Morgan fingerprint density at radius 1 is 0.946 bits per heavy atom. The van der Waals surface area contributed by atoms with E-state index in [1.807, 2.05) is 6.92 Å². The molecule has 5 aliphatic rings. The predicted molar refractivity (Wildman–Crippen MR) is 142 cm³/mol. The van der Waals surface area contributed by atoms with Crippen LogP contribution in [-0.2, 0) is 20.9 Å². The summed E-state index contributed by atoms with van der Waals surface area (Å²) in [6.07, 6.45) is 8.48. The number of halogens is 1. The van der Waals surface area contributed by atoms with Crippen molar-refractivity contribution in [2.24, 2.45) is 0 Å². The second-order valence-corrected chi connectivity index (χ2v) is 11.4. The summed E-state index contributed by atoms with van der Waals surface area (Å²) >= 11 is 0. The Hall–Kier alpha value is -2.00. The third-order valence-corrected chi connectivity index (χ3v) is 9.10. The van der Waals surface area contributed by atoms with Gasteiger partial charge in [0.2, 0.25) is 11.8 Å². The maximum atomic E-state index is 13.2. The maximum Gasteiger partial charge on any atom is 0.255 e. The zero-order chi connectivity index (χ0) is 24.8. The first kappa shape index (κ1) is 26.6. The van der Waals surface area contributed by atoms with E-state index < -0.39 is 6.04 Å². The molecule has 1 aromatic carbocycles. The molecule has 3 amide bonds. The predicted octanol–water partition coefficient (Wildman–Crippen LogP) is 2.66. The maximum absolute atomic E-state index is 13.2. The fraction of sp³-hybridized carbons (Fsp3) is 0.679. The molecule has 6 rings (SSSR count). The van der Waals surface area contributed by atoms with Gasteiger partial charge in [0.05, 0.1) is 12.2 Å². The smallest absolute Gasteiger partial charge is 0.255 e. The molecule has 37 heavy (non-hydrogen) atoms. The van der Waals surface area contributed by atoms with Gasteiger partial charge in [-0.05, 0) is 101 Å². The second kappa shape index (κ2) is 11.0. The molecular weight excluding hydrogens is 492 g/mol. The Labute approximate surface area is 225 Å². The number of carbonyl (C=O) groups excluding carboxylic acids is 3. The number of aryl methyl sites for hydroxylation is 1. The van der Waals surface area contributed by atoms with Gasteiger partial charge in [0.15, 0.2) is 0 Å². The van der Waals surface area contributed by atoms with Crippen molar-refractivity contribution in [2.45, 2.75) is 95.0 Å². The van der Waals surface area contributed by atoms with Crippen molar-refractivity contribution in [3.63, 3.8) is 0 Å². The number of ether oxygens (including phenoxy) is 1. The van der Waals surface area contributed by atoms with Gasteiger partial charge in [0.1, 0.15) is 6.04 Å². The van der Waals surface area contributed by atoms with Crippen LogP contribution in [0.1, 0.15) is 84.3 Å². The van der Waals surface area contributed by atoms with Crippen LogP contribution in [0.2, 0.25) is 0 Å². The lowest BCUT2D eigenvalue weighted by atomic mass is 9.82. The van der Waals surface area contributed by atoms with Gasteiger partial charge in [0, 0.05) is 24.6 Å². The number of amides is 3. The van der Waals surface area contributed by atoms with Crippen LogP contribution in [-0.4, -0.2) is 78.0 Å². The summed E-state index contributed by atoms with van der Waals surface area (Å²) in [7, 11) is 0. The second-order valence-electron chi connectivity index (χ2n) is 11.4. The Bertz CT molecular complexity index is 1040. The number of nitrogens with one attached hydrogen (secondary N) is 2. The molecule has 2 N–H and O–H groups in total. The summed E-state index contributed by atoms with van der Waals surface area (Å²) < 4.78 is 6.33. The number of fused-ring (bicyclic) bond motifs is 1. The highest BCUT2D eigenvalue weighted by atomic mass is 35.5. The van der Waals surface area contributed by atoms with Gasteiger partial charge < -0.3 is 19.9 Å². The number of benzene rings is 1. The molecule has 1 saturated carbocycles. The summed E-state index contributed by atoms with van der Waals surface area (Å²) in [4.78, 5) is 41.4. The van der Waals surface area contributed by atoms with Crippen LogP contribution in [0.15, 0.2) is 12.1 Å². The summed E-state index contributed by atoms with van der Waals surface area (Å²) in [5.41, 5.74) is 4.10. The van der Waals surface area contributed by atoms with Gasteiger partial charge in [-0.2, -0.15) is 0 Å². The molecule has 202 valence electrons. The van der Waals surface area contributed by atoms with E-state index in [9.17, 15) is 14.4 Å². The molecule has 1 unspecified atom stereocenters. The van der Waals surface area contributed by atoms with Crippen molar-refractivity contribution in [2.75, 3.05) is 26.2 Å². The first-order chi connectivity index (χ1) is 17.5. The van der Waals surface area contributed by atoms with Gasteiger partial charge in [-0.1, -0.05) is 12.1 Å². The Balaban J connectivity index is 0.00000280. The molecule has 0 radical (unpaired) electrons. The third kappa shape index (κ3) is 5.31. The molecule has 1 aliphatic carbocycles. The first-order valence-corrected chi connectivity index (χ1v) is 13.8. The molecule has 0 aromatic heterocycles. The summed E-state index contributed by atoms with van der Waals surface area (Å²) in [6.45, 7) is 6.87. The lowest BCUT2D eigenvalue weighted by Crippen LogP contribution is -2.52. The minimum absolute atomic E-state index is 0. The molecule has 1 aromatic rings. The van der Waals surface area contributed by atoms with Gasteiger partial charge in [-0.3, -0.25) is 19.7 Å². The van der Waals surface area contributed by atoms with Crippen molar-refractivity contribution < 1.29 is 19.1 Å². The lowest BCUT2D eigenvalue weighted by molar-refractivity contribution is -0.136. The van der Waals surface area contributed by atoms with Crippen molar-refractivity contribution in [3.8, 4) is 0 Å². The van der Waals surface area contributed by atoms with Gasteiger partial charge in [-0.25, -0.2) is 0 Å². The van der Waals surface area contributed by atoms with Crippen LogP contribution in [0.25, 0.3) is 0 Å². The van der Waals surface area contributed by atoms with Crippen LogP contribution in [0.3, 0.4) is 0 Å². The number of hydrogen-bond donors (Lipinski definition) is 2. The van der Waals surface area contributed by atoms with Crippen LogP contribution >= 0.6 is 12.4 Å². The van der Waals surface area contributed by atoms with E-state index in [0.29, 0.717) is 37.1 Å². The summed E-state index contributed by atoms with van der Waals surface area (Å²) in [5.74, 6) is -0.176. The minimum Gasteiger partial charge on any atom is -0.375 e. The molecule has 4 heterocycles. The van der Waals surface area contributed by atoms with Crippen LogP contribution < -0.4 is 10.6 Å². The monoisotopic (exact) mass is 530 g/mol. The summed E-state index contributed by atoms with van der Waals surface area (Å²) in [6, 6.07) is 4.51. The highest BCUT2D eigenvalue weighted by molar-refractivity contribution is 6.06. The van der Waals surface area contributed by atoms with Gasteiger partial charge in [-0.15, -0.1) is 12.4 Å². The van der Waals surface area contributed by atoms with E-state index in [1.54, 1.807) is 4.90 Å². The van der Waals surface area contributed by atoms with E-state index in [0.717, 1.165) is 68.6 Å². The fourth-order valence-corrected chi connectivity index (χ4v) is 6.94. The number of piperidine rings is 3. The Kier molecular flexibility index (Phi) is 7.91. The molecule has 0 bridgehead atoms. The van der Waals surface area contributed by atoms with Gasteiger partial charge in [0.25, 0.3) is 5.91 Å². The average molecular weight is 531 g/mol. The minimum atomic E-state index is -0.557. The van der Waals surface area contributed by atoms with Crippen molar-refractivity contribution in [1.82, 2.24) is 20.4 Å². The SMILES string of the molecule is Cc1cc(C2CCN([C@H]3C[C@H](OC4CCNCC4)C3)CC2)cc2c1C(=O)N(C1CCC(=O)NC1=O)C2.Cl. The first-order valence-electron chi connectivity index (χ1n) is 13.8. The standard InChI is InChI=1S/C28H38N4O4.ClH/c1-17-12-19(13-20-16-32(28(35)26(17)20)24-2-3-25(33)30-27(24)34)18-6-10-31(11-7-18)21-14-23(15-21)36-22-4-8-29-9-5-22;/h12-13,18,21-24,29H,2-11,14-16H2,1H3,(H,30,33,34);1H/t21-,23-,24?;. The third-order valence-electron chi connectivity index (χ3n) is 9.10. The largest absolute Gasteiger partial charge is 0.375 e. The quantitative estimate of drug-likeness (QED) is 0.569. The van der Waals surface area contributed by atoms with Crippen LogP contribution in [0.5, 0.6) is 0 Å². The number of imide groups is 1. The van der Waals surface area contributed by atoms with E-state index in [1.165, 1.54) is 18.4 Å².